The van der Waals surface area contributed by atoms with Gasteiger partial charge in [-0.05, 0) is 99.2 Å². The first-order valence-corrected chi connectivity index (χ1v) is 17.5. The summed E-state index contributed by atoms with van der Waals surface area (Å²) >= 11 is 0. The number of hydrogen-bond donors (Lipinski definition) is 2. The van der Waals surface area contributed by atoms with E-state index in [1.807, 2.05) is 63.5 Å². The Morgan fingerprint density at radius 1 is 0.843 bits per heavy atom. The third kappa shape index (κ3) is 8.61. The Hall–Kier alpha value is -4.71. The number of nitrogens with one attached hydrogen (secondary N) is 1. The zero-order valence-corrected chi connectivity index (χ0v) is 31.2. The van der Waals surface area contributed by atoms with E-state index in [1.54, 1.807) is 37.4 Å². The molecule has 0 bridgehead atoms. The largest absolute Gasteiger partial charge is 0.397 e. The van der Waals surface area contributed by atoms with Crippen LogP contribution in [0.1, 0.15) is 55.6 Å². The van der Waals surface area contributed by atoms with E-state index in [1.165, 1.54) is 0 Å². The number of aryl methyl sites for hydroxylation is 4. The van der Waals surface area contributed by atoms with E-state index in [0.717, 1.165) is 82.0 Å². The number of methoxy groups -OCH3 is 2. The van der Waals surface area contributed by atoms with E-state index in [-0.39, 0.29) is 23.2 Å². The number of fused-ring (bicyclic) bond motifs is 1. The third-order valence-electron chi connectivity index (χ3n) is 9.42. The highest BCUT2D eigenvalue weighted by atomic mass is 16.5. The molecule has 1 fully saturated rings. The van der Waals surface area contributed by atoms with Crippen molar-refractivity contribution < 1.29 is 14.2 Å². The second-order valence-corrected chi connectivity index (χ2v) is 13.7. The molecule has 2 aromatic carbocycles. The lowest BCUT2D eigenvalue weighted by atomic mass is 9.99. The van der Waals surface area contributed by atoms with E-state index in [0.29, 0.717) is 24.8 Å². The van der Waals surface area contributed by atoms with Gasteiger partial charge in [0, 0.05) is 77.0 Å². The number of rotatable bonds is 10. The Kier molecular flexibility index (Phi) is 12.2. The lowest BCUT2D eigenvalue weighted by Gasteiger charge is -2.25. The fourth-order valence-electron chi connectivity index (χ4n) is 6.80. The predicted molar refractivity (Wildman–Crippen MR) is 206 cm³/mol. The molecule has 0 radical (unpaired) electrons. The highest BCUT2D eigenvalue weighted by Gasteiger charge is 2.25. The minimum atomic E-state index is 0.0197. The Labute approximate surface area is 300 Å². The molecule has 0 saturated carbocycles. The molecule has 1 aliphatic rings. The number of benzene rings is 2. The summed E-state index contributed by atoms with van der Waals surface area (Å²) in [6.07, 6.45) is 5.73. The number of nitrogen functional groups attached to an aromatic ring is 1. The van der Waals surface area contributed by atoms with Crippen molar-refractivity contribution in [3.05, 3.63) is 98.6 Å². The van der Waals surface area contributed by atoms with Gasteiger partial charge < -0.3 is 39.0 Å². The van der Waals surface area contributed by atoms with Crippen molar-refractivity contribution in [3.63, 3.8) is 0 Å². The molecule has 11 nitrogen and oxygen atoms in total. The maximum absolute atomic E-state index is 12.1. The summed E-state index contributed by atoms with van der Waals surface area (Å²) in [7, 11) is 6.97. The number of aromatic nitrogens is 4. The van der Waals surface area contributed by atoms with Crippen LogP contribution in [0.2, 0.25) is 0 Å². The molecule has 0 spiro atoms. The van der Waals surface area contributed by atoms with Crippen LogP contribution in [-0.4, -0.2) is 65.4 Å². The molecule has 5 aromatic rings. The number of nitrogens with zero attached hydrogens (tertiary/aromatic N) is 4. The molecular weight excluding hydrogens is 644 g/mol. The van der Waals surface area contributed by atoms with Crippen molar-refractivity contribution in [1.29, 1.82) is 0 Å². The quantitative estimate of drug-likeness (QED) is 0.165. The summed E-state index contributed by atoms with van der Waals surface area (Å²) in [5, 5.41) is 3.34. The fraction of sp³-hybridized carbons (Fsp3) is 0.425. The Morgan fingerprint density at radius 2 is 1.41 bits per heavy atom. The van der Waals surface area contributed by atoms with Gasteiger partial charge >= 0.3 is 0 Å². The molecule has 0 unspecified atom stereocenters. The Balaban J connectivity index is 0.000000206. The van der Waals surface area contributed by atoms with Crippen LogP contribution in [0.3, 0.4) is 0 Å². The van der Waals surface area contributed by atoms with Gasteiger partial charge in [-0.25, -0.2) is 4.98 Å². The second-order valence-electron chi connectivity index (χ2n) is 13.7. The molecule has 3 aromatic heterocycles. The summed E-state index contributed by atoms with van der Waals surface area (Å²) in [4.78, 5) is 28.9. The van der Waals surface area contributed by atoms with Crippen LogP contribution >= 0.6 is 0 Å². The molecule has 51 heavy (non-hydrogen) atoms. The topological polar surface area (TPSA) is 128 Å². The maximum atomic E-state index is 12.1. The van der Waals surface area contributed by atoms with Gasteiger partial charge in [0.25, 0.3) is 11.1 Å². The molecular formula is C40H52N6O5. The number of ether oxygens (including phenoxy) is 3. The highest BCUT2D eigenvalue weighted by Crippen LogP contribution is 2.34. The molecule has 1 aliphatic heterocycles. The van der Waals surface area contributed by atoms with Crippen LogP contribution in [0.15, 0.2) is 70.5 Å². The summed E-state index contributed by atoms with van der Waals surface area (Å²) < 4.78 is 21.7. The SMILES string of the molecule is COC[C@H](C)Nc1cc(-c2cc(C)c(=O)n(C)c2)ccc1N.COC[C@H](C)n1c(C2CCOCC2)nc2ccc(-c3cc(C)c(=O)n(C)c3)cc21. The van der Waals surface area contributed by atoms with E-state index in [9.17, 15) is 9.59 Å². The Bertz CT molecular complexity index is 2040. The first-order valence-electron chi connectivity index (χ1n) is 17.5. The zero-order chi connectivity index (χ0) is 36.8. The van der Waals surface area contributed by atoms with Crippen LogP contribution < -0.4 is 22.2 Å². The standard InChI is InChI=1S/C23H29N3O3.C17H23N3O2/c1-15-11-19(13-25(3)23(15)27)18-5-6-20-21(12-18)26(16(2)14-28-4)22(24-20)17-7-9-29-10-8-17;1-11-7-14(9-20(3)17(11)21)13-5-6-15(18)16(8-13)19-12(2)10-22-4/h5-6,11-13,16-17H,7-10,14H2,1-4H3;5-9,12,19H,10,18H2,1-4H3/t16-;12-/m00/s1. The van der Waals surface area contributed by atoms with Crippen molar-refractivity contribution in [2.24, 2.45) is 14.1 Å². The average molecular weight is 697 g/mol. The summed E-state index contributed by atoms with van der Waals surface area (Å²) in [6.45, 7) is 10.7. The van der Waals surface area contributed by atoms with Gasteiger partial charge in [0.15, 0.2) is 0 Å². The maximum Gasteiger partial charge on any atom is 0.253 e. The summed E-state index contributed by atoms with van der Waals surface area (Å²) in [5.41, 5.74) is 15.3. The smallest absolute Gasteiger partial charge is 0.253 e. The molecule has 1 saturated heterocycles. The molecule has 6 rings (SSSR count). The second kappa shape index (κ2) is 16.5. The van der Waals surface area contributed by atoms with Crippen LogP contribution in [0, 0.1) is 13.8 Å². The van der Waals surface area contributed by atoms with Crippen LogP contribution in [0.25, 0.3) is 33.3 Å². The number of pyridine rings is 2. The molecule has 0 aliphatic carbocycles. The lowest BCUT2D eigenvalue weighted by Crippen LogP contribution is -2.21. The van der Waals surface area contributed by atoms with Gasteiger partial charge in [-0.3, -0.25) is 9.59 Å². The molecule has 3 N–H and O–H groups in total. The average Bonchev–Trinajstić information content (AvgIpc) is 3.50. The molecule has 11 heteroatoms. The van der Waals surface area contributed by atoms with Crippen molar-refractivity contribution in [1.82, 2.24) is 18.7 Å². The van der Waals surface area contributed by atoms with Gasteiger partial charge in [0.05, 0.1) is 41.7 Å². The van der Waals surface area contributed by atoms with Crippen molar-refractivity contribution in [2.75, 3.05) is 51.7 Å². The monoisotopic (exact) mass is 696 g/mol. The Morgan fingerprint density at radius 3 is 1.98 bits per heavy atom. The fourth-order valence-corrected chi connectivity index (χ4v) is 6.80. The summed E-state index contributed by atoms with van der Waals surface area (Å²) in [5.74, 6) is 1.53. The number of hydrogen-bond acceptors (Lipinski definition) is 8. The van der Waals surface area contributed by atoms with Crippen LogP contribution in [0.4, 0.5) is 11.4 Å². The van der Waals surface area contributed by atoms with Crippen LogP contribution in [0.5, 0.6) is 0 Å². The first-order chi connectivity index (χ1) is 24.4. The molecule has 272 valence electrons. The molecule has 2 atom stereocenters. The van der Waals surface area contributed by atoms with Crippen LogP contribution in [-0.2, 0) is 28.3 Å². The van der Waals surface area contributed by atoms with Gasteiger partial charge in [-0.15, -0.1) is 0 Å². The molecule has 0 amide bonds. The van der Waals surface area contributed by atoms with E-state index >= 15 is 0 Å². The van der Waals surface area contributed by atoms with Gasteiger partial charge in [-0.2, -0.15) is 0 Å². The van der Waals surface area contributed by atoms with Gasteiger partial charge in [-0.1, -0.05) is 12.1 Å². The highest BCUT2D eigenvalue weighted by molar-refractivity contribution is 5.83. The lowest BCUT2D eigenvalue weighted by molar-refractivity contribution is 0.0817. The van der Waals surface area contributed by atoms with Gasteiger partial charge in [0.1, 0.15) is 5.82 Å². The van der Waals surface area contributed by atoms with E-state index in [4.69, 9.17) is 24.9 Å². The first kappa shape index (κ1) is 37.5. The van der Waals surface area contributed by atoms with Crippen molar-refractivity contribution in [2.45, 2.75) is 58.5 Å². The number of imidazole rings is 1. The normalized spacial score (nSPS) is 14.6. The van der Waals surface area contributed by atoms with E-state index in [2.05, 4.69) is 35.0 Å². The minimum absolute atomic E-state index is 0.0197. The zero-order valence-electron chi connectivity index (χ0n) is 31.2. The van der Waals surface area contributed by atoms with E-state index < -0.39 is 0 Å². The summed E-state index contributed by atoms with van der Waals surface area (Å²) in [6, 6.07) is 16.4. The minimum Gasteiger partial charge on any atom is -0.397 e. The third-order valence-corrected chi connectivity index (χ3v) is 9.42. The van der Waals surface area contributed by atoms with Crippen molar-refractivity contribution >= 4 is 22.4 Å². The molecule has 4 heterocycles. The number of nitrogens with two attached hydrogens (primary N) is 1. The number of anilines is 2. The van der Waals surface area contributed by atoms with Gasteiger partial charge in [0.2, 0.25) is 0 Å². The predicted octanol–water partition coefficient (Wildman–Crippen LogP) is 6.20. The van der Waals surface area contributed by atoms with Crippen molar-refractivity contribution in [3.8, 4) is 22.3 Å².